The summed E-state index contributed by atoms with van der Waals surface area (Å²) in [5.41, 5.74) is 0.428. The Balaban J connectivity index is 1.89. The number of nitrogens with one attached hydrogen (secondary N) is 1. The van der Waals surface area contributed by atoms with Crippen molar-refractivity contribution in [2.24, 2.45) is 0 Å². The van der Waals surface area contributed by atoms with Crippen molar-refractivity contribution in [1.29, 1.82) is 0 Å². The molecule has 0 unspecified atom stereocenters. The molecule has 0 atom stereocenters. The number of halogens is 2. The summed E-state index contributed by atoms with van der Waals surface area (Å²) < 4.78 is 42.2. The lowest BCUT2D eigenvalue weighted by Gasteiger charge is -2.12. The van der Waals surface area contributed by atoms with Gasteiger partial charge in [-0.1, -0.05) is 6.07 Å². The normalized spacial score (nSPS) is 10.3. The zero-order valence-corrected chi connectivity index (χ0v) is 15.6. The predicted molar refractivity (Wildman–Crippen MR) is 98.4 cm³/mol. The number of esters is 1. The van der Waals surface area contributed by atoms with Gasteiger partial charge >= 0.3 is 5.97 Å². The highest BCUT2D eigenvalue weighted by atomic mass is 19.1. The molecule has 0 aliphatic rings. The molecule has 0 bridgehead atoms. The van der Waals surface area contributed by atoms with Crippen molar-refractivity contribution >= 4 is 17.6 Å². The maximum atomic E-state index is 13.5. The SMILES string of the molecule is CCOc1ccc(CC(=O)OCC(=O)Nc2ccc(F)cc2F)cc1OCC. The lowest BCUT2D eigenvalue weighted by molar-refractivity contribution is -0.146. The summed E-state index contributed by atoms with van der Waals surface area (Å²) in [6.07, 6.45) is -0.0787. The van der Waals surface area contributed by atoms with Gasteiger partial charge in [-0.3, -0.25) is 9.59 Å². The predicted octanol–water partition coefficient (Wildman–Crippen LogP) is 3.49. The van der Waals surface area contributed by atoms with Gasteiger partial charge in [0.25, 0.3) is 5.91 Å². The van der Waals surface area contributed by atoms with Crippen LogP contribution in [0.2, 0.25) is 0 Å². The van der Waals surface area contributed by atoms with Gasteiger partial charge in [-0.2, -0.15) is 0 Å². The van der Waals surface area contributed by atoms with Crippen molar-refractivity contribution in [2.45, 2.75) is 20.3 Å². The molecule has 28 heavy (non-hydrogen) atoms. The van der Waals surface area contributed by atoms with Crippen molar-refractivity contribution in [3.8, 4) is 11.5 Å². The molecular weight excluding hydrogens is 372 g/mol. The lowest BCUT2D eigenvalue weighted by Crippen LogP contribution is -2.22. The van der Waals surface area contributed by atoms with E-state index in [2.05, 4.69) is 5.32 Å². The zero-order valence-electron chi connectivity index (χ0n) is 15.6. The van der Waals surface area contributed by atoms with Crippen LogP contribution in [0.25, 0.3) is 0 Å². The molecule has 0 saturated heterocycles. The van der Waals surface area contributed by atoms with Gasteiger partial charge in [0.2, 0.25) is 0 Å². The number of carbonyl (C=O) groups is 2. The third kappa shape index (κ3) is 6.22. The molecule has 150 valence electrons. The Kier molecular flexibility index (Phi) is 7.74. The maximum absolute atomic E-state index is 13.5. The molecule has 0 aliphatic carbocycles. The Morgan fingerprint density at radius 1 is 0.964 bits per heavy atom. The van der Waals surface area contributed by atoms with E-state index >= 15 is 0 Å². The molecule has 1 amide bonds. The van der Waals surface area contributed by atoms with Crippen molar-refractivity contribution in [2.75, 3.05) is 25.1 Å². The van der Waals surface area contributed by atoms with Crippen LogP contribution in [0.1, 0.15) is 19.4 Å². The second-order valence-electron chi connectivity index (χ2n) is 5.66. The molecule has 0 aromatic heterocycles. The van der Waals surface area contributed by atoms with Crippen molar-refractivity contribution in [3.05, 3.63) is 53.6 Å². The van der Waals surface area contributed by atoms with Gasteiger partial charge in [0.15, 0.2) is 18.1 Å². The van der Waals surface area contributed by atoms with E-state index in [0.717, 1.165) is 12.1 Å². The maximum Gasteiger partial charge on any atom is 0.310 e. The van der Waals surface area contributed by atoms with Crippen LogP contribution in [0.15, 0.2) is 36.4 Å². The van der Waals surface area contributed by atoms with Gasteiger partial charge in [-0.05, 0) is 43.7 Å². The van der Waals surface area contributed by atoms with E-state index in [1.54, 1.807) is 18.2 Å². The third-order valence-corrected chi connectivity index (χ3v) is 3.53. The number of hydrogen-bond acceptors (Lipinski definition) is 5. The van der Waals surface area contributed by atoms with Crippen LogP contribution in [0.4, 0.5) is 14.5 Å². The number of anilines is 1. The topological polar surface area (TPSA) is 73.9 Å². The van der Waals surface area contributed by atoms with Crippen molar-refractivity contribution < 1.29 is 32.6 Å². The summed E-state index contributed by atoms with van der Waals surface area (Å²) in [5.74, 6) is -1.97. The zero-order chi connectivity index (χ0) is 20.5. The lowest BCUT2D eigenvalue weighted by atomic mass is 10.1. The number of carbonyl (C=O) groups excluding carboxylic acids is 2. The molecule has 0 spiro atoms. The molecule has 8 heteroatoms. The summed E-state index contributed by atoms with van der Waals surface area (Å²) in [6, 6.07) is 7.79. The molecule has 0 saturated carbocycles. The number of ether oxygens (including phenoxy) is 3. The summed E-state index contributed by atoms with van der Waals surface area (Å²) >= 11 is 0. The fourth-order valence-corrected chi connectivity index (χ4v) is 2.35. The minimum absolute atomic E-state index is 0.0787. The van der Waals surface area contributed by atoms with E-state index in [1.807, 2.05) is 13.8 Å². The number of benzene rings is 2. The average molecular weight is 393 g/mol. The standard InChI is InChI=1S/C20H21F2NO5/c1-3-26-17-8-5-13(9-18(17)27-4-2)10-20(25)28-12-19(24)23-16-7-6-14(21)11-15(16)22/h5-9,11H,3-4,10,12H2,1-2H3,(H,23,24). The average Bonchev–Trinajstić information content (AvgIpc) is 2.65. The highest BCUT2D eigenvalue weighted by Crippen LogP contribution is 2.28. The van der Waals surface area contributed by atoms with E-state index in [9.17, 15) is 18.4 Å². The van der Waals surface area contributed by atoms with E-state index in [1.165, 1.54) is 0 Å². The molecule has 0 radical (unpaired) electrons. The monoisotopic (exact) mass is 393 g/mol. The van der Waals surface area contributed by atoms with Crippen LogP contribution < -0.4 is 14.8 Å². The first-order chi connectivity index (χ1) is 13.4. The molecule has 6 nitrogen and oxygen atoms in total. The molecular formula is C20H21F2NO5. The van der Waals surface area contributed by atoms with E-state index in [-0.39, 0.29) is 12.1 Å². The largest absolute Gasteiger partial charge is 0.490 e. The summed E-state index contributed by atoms with van der Waals surface area (Å²) in [6.45, 7) is 4.01. The second-order valence-corrected chi connectivity index (χ2v) is 5.66. The van der Waals surface area contributed by atoms with Gasteiger partial charge in [0.1, 0.15) is 11.6 Å². The molecule has 0 heterocycles. The highest BCUT2D eigenvalue weighted by molar-refractivity contribution is 5.93. The molecule has 0 fully saturated rings. The van der Waals surface area contributed by atoms with Gasteiger partial charge in [0.05, 0.1) is 25.3 Å². The quantitative estimate of drug-likeness (QED) is 0.661. The van der Waals surface area contributed by atoms with E-state index in [4.69, 9.17) is 14.2 Å². The van der Waals surface area contributed by atoms with Crippen LogP contribution >= 0.6 is 0 Å². The Morgan fingerprint density at radius 2 is 1.68 bits per heavy atom. The van der Waals surface area contributed by atoms with Gasteiger partial charge in [-0.25, -0.2) is 8.78 Å². The smallest absolute Gasteiger partial charge is 0.310 e. The molecule has 2 aromatic rings. The van der Waals surface area contributed by atoms with Crippen LogP contribution in [0, 0.1) is 11.6 Å². The highest BCUT2D eigenvalue weighted by Gasteiger charge is 2.13. The molecule has 1 N–H and O–H groups in total. The van der Waals surface area contributed by atoms with Gasteiger partial charge < -0.3 is 19.5 Å². The fourth-order valence-electron chi connectivity index (χ4n) is 2.35. The minimum Gasteiger partial charge on any atom is -0.490 e. The first-order valence-electron chi connectivity index (χ1n) is 8.72. The number of rotatable bonds is 9. The Bertz CT molecular complexity index is 841. The van der Waals surface area contributed by atoms with Gasteiger partial charge in [0, 0.05) is 6.07 Å². The van der Waals surface area contributed by atoms with Crippen LogP contribution in [0.5, 0.6) is 11.5 Å². The van der Waals surface area contributed by atoms with Crippen LogP contribution in [-0.2, 0) is 20.7 Å². The first-order valence-corrected chi connectivity index (χ1v) is 8.72. The summed E-state index contributed by atoms with van der Waals surface area (Å²) in [7, 11) is 0. The molecule has 2 aromatic carbocycles. The van der Waals surface area contributed by atoms with Crippen LogP contribution in [-0.4, -0.2) is 31.7 Å². The fraction of sp³-hybridized carbons (Fsp3) is 0.300. The van der Waals surface area contributed by atoms with Crippen molar-refractivity contribution in [3.63, 3.8) is 0 Å². The van der Waals surface area contributed by atoms with E-state index in [0.29, 0.717) is 36.3 Å². The Hall–Kier alpha value is -3.16. The second kappa shape index (κ2) is 10.2. The Labute approximate surface area is 161 Å². The van der Waals surface area contributed by atoms with Crippen molar-refractivity contribution in [1.82, 2.24) is 0 Å². The molecule has 2 rings (SSSR count). The number of amides is 1. The van der Waals surface area contributed by atoms with Crippen LogP contribution in [0.3, 0.4) is 0 Å². The third-order valence-electron chi connectivity index (χ3n) is 3.53. The Morgan fingerprint density at radius 3 is 2.36 bits per heavy atom. The minimum atomic E-state index is -0.919. The molecule has 0 aliphatic heterocycles. The first kappa shape index (κ1) is 21.1. The number of hydrogen-bond donors (Lipinski definition) is 1. The summed E-state index contributed by atoms with van der Waals surface area (Å²) in [5, 5.41) is 2.21. The summed E-state index contributed by atoms with van der Waals surface area (Å²) in [4.78, 5) is 23.7. The van der Waals surface area contributed by atoms with E-state index < -0.39 is 30.1 Å². The van der Waals surface area contributed by atoms with Gasteiger partial charge in [-0.15, -0.1) is 0 Å².